The minimum atomic E-state index is 0.233. The SMILES string of the molecule is Cc1ccc([C@H]2CC(=O)CCN2)cc1. The van der Waals surface area contributed by atoms with Gasteiger partial charge in [-0.2, -0.15) is 0 Å². The predicted molar refractivity (Wildman–Crippen MR) is 56.2 cm³/mol. The third-order valence-electron chi connectivity index (χ3n) is 2.71. The maximum absolute atomic E-state index is 11.3. The molecule has 2 heteroatoms. The van der Waals surface area contributed by atoms with Gasteiger partial charge in [-0.3, -0.25) is 4.79 Å². The van der Waals surface area contributed by atoms with E-state index in [1.54, 1.807) is 0 Å². The smallest absolute Gasteiger partial charge is 0.136 e. The largest absolute Gasteiger partial charge is 0.309 e. The van der Waals surface area contributed by atoms with Crippen LogP contribution in [0.25, 0.3) is 0 Å². The summed E-state index contributed by atoms with van der Waals surface area (Å²) in [4.78, 5) is 11.3. The number of hydrogen-bond acceptors (Lipinski definition) is 2. The van der Waals surface area contributed by atoms with Gasteiger partial charge in [-0.05, 0) is 12.5 Å². The van der Waals surface area contributed by atoms with Crippen molar-refractivity contribution in [1.29, 1.82) is 0 Å². The molecule has 1 aliphatic rings. The normalized spacial score (nSPS) is 22.4. The van der Waals surface area contributed by atoms with Crippen molar-refractivity contribution < 1.29 is 4.79 Å². The third-order valence-corrected chi connectivity index (χ3v) is 2.71. The fourth-order valence-electron chi connectivity index (χ4n) is 1.82. The Bertz CT molecular complexity index is 329. The number of aryl methyl sites for hydroxylation is 1. The molecule has 1 aliphatic heterocycles. The zero-order valence-electron chi connectivity index (χ0n) is 8.42. The molecule has 0 aromatic heterocycles. The summed E-state index contributed by atoms with van der Waals surface area (Å²) in [6.07, 6.45) is 1.32. The average Bonchev–Trinajstić information content (AvgIpc) is 2.19. The molecule has 1 heterocycles. The van der Waals surface area contributed by atoms with Crippen molar-refractivity contribution in [2.45, 2.75) is 25.8 Å². The number of carbonyl (C=O) groups excluding carboxylic acids is 1. The Morgan fingerprint density at radius 2 is 2.00 bits per heavy atom. The van der Waals surface area contributed by atoms with E-state index in [0.717, 1.165) is 6.54 Å². The molecule has 1 atom stereocenters. The van der Waals surface area contributed by atoms with E-state index in [1.165, 1.54) is 11.1 Å². The molecule has 2 rings (SSSR count). The number of ketones is 1. The molecule has 0 amide bonds. The molecule has 2 nitrogen and oxygen atoms in total. The van der Waals surface area contributed by atoms with Gasteiger partial charge in [0.15, 0.2) is 0 Å². The highest BCUT2D eigenvalue weighted by molar-refractivity contribution is 5.80. The van der Waals surface area contributed by atoms with Crippen molar-refractivity contribution in [1.82, 2.24) is 5.32 Å². The van der Waals surface area contributed by atoms with Gasteiger partial charge in [0.2, 0.25) is 0 Å². The summed E-state index contributed by atoms with van der Waals surface area (Å²) < 4.78 is 0. The van der Waals surface area contributed by atoms with E-state index < -0.39 is 0 Å². The van der Waals surface area contributed by atoms with Crippen LogP contribution in [0.5, 0.6) is 0 Å². The number of rotatable bonds is 1. The second kappa shape index (κ2) is 3.93. The van der Waals surface area contributed by atoms with E-state index in [2.05, 4.69) is 36.5 Å². The summed E-state index contributed by atoms with van der Waals surface area (Å²) in [5.41, 5.74) is 2.49. The first kappa shape index (κ1) is 9.41. The molecule has 1 fully saturated rings. The third kappa shape index (κ3) is 2.02. The van der Waals surface area contributed by atoms with Crippen LogP contribution < -0.4 is 5.32 Å². The summed E-state index contributed by atoms with van der Waals surface area (Å²) in [7, 11) is 0. The Labute approximate surface area is 84.3 Å². The molecule has 1 aromatic carbocycles. The molecule has 0 radical (unpaired) electrons. The standard InChI is InChI=1S/C12H15NO/c1-9-2-4-10(5-3-9)12-8-11(14)6-7-13-12/h2-5,12-13H,6-8H2,1H3/t12-/m1/s1. The lowest BCUT2D eigenvalue weighted by Crippen LogP contribution is -2.31. The Morgan fingerprint density at radius 1 is 1.29 bits per heavy atom. The maximum Gasteiger partial charge on any atom is 0.136 e. The topological polar surface area (TPSA) is 29.1 Å². The van der Waals surface area contributed by atoms with Crippen molar-refractivity contribution in [2.75, 3.05) is 6.54 Å². The van der Waals surface area contributed by atoms with E-state index >= 15 is 0 Å². The monoisotopic (exact) mass is 189 g/mol. The molecule has 1 N–H and O–H groups in total. The van der Waals surface area contributed by atoms with Crippen LogP contribution >= 0.6 is 0 Å². The molecule has 0 aliphatic carbocycles. The van der Waals surface area contributed by atoms with Gasteiger partial charge in [-0.25, -0.2) is 0 Å². The Hall–Kier alpha value is -1.15. The quantitative estimate of drug-likeness (QED) is 0.732. The maximum atomic E-state index is 11.3. The summed E-state index contributed by atoms with van der Waals surface area (Å²) >= 11 is 0. The van der Waals surface area contributed by atoms with E-state index in [1.807, 2.05) is 0 Å². The fourth-order valence-corrected chi connectivity index (χ4v) is 1.82. The van der Waals surface area contributed by atoms with Gasteiger partial charge in [-0.1, -0.05) is 29.8 Å². The van der Waals surface area contributed by atoms with Gasteiger partial charge in [0.25, 0.3) is 0 Å². The molecule has 0 unspecified atom stereocenters. The summed E-state index contributed by atoms with van der Waals surface area (Å²) in [6.45, 7) is 2.89. The van der Waals surface area contributed by atoms with Crippen molar-refractivity contribution in [3.05, 3.63) is 35.4 Å². The highest BCUT2D eigenvalue weighted by Crippen LogP contribution is 2.20. The minimum Gasteiger partial charge on any atom is -0.309 e. The molecular weight excluding hydrogens is 174 g/mol. The molecule has 14 heavy (non-hydrogen) atoms. The van der Waals surface area contributed by atoms with Crippen LogP contribution in [-0.4, -0.2) is 12.3 Å². The Balaban J connectivity index is 2.14. The van der Waals surface area contributed by atoms with Crippen LogP contribution in [0.3, 0.4) is 0 Å². The van der Waals surface area contributed by atoms with Gasteiger partial charge < -0.3 is 5.32 Å². The van der Waals surface area contributed by atoms with E-state index in [0.29, 0.717) is 18.6 Å². The minimum absolute atomic E-state index is 0.233. The molecule has 74 valence electrons. The summed E-state index contributed by atoms with van der Waals surface area (Å²) in [6, 6.07) is 8.63. The van der Waals surface area contributed by atoms with Crippen LogP contribution in [-0.2, 0) is 4.79 Å². The first-order valence-corrected chi connectivity index (χ1v) is 5.07. The lowest BCUT2D eigenvalue weighted by atomic mass is 9.96. The van der Waals surface area contributed by atoms with Crippen LogP contribution in [0.2, 0.25) is 0 Å². The number of benzene rings is 1. The van der Waals surface area contributed by atoms with Gasteiger partial charge in [0, 0.05) is 25.4 Å². The zero-order chi connectivity index (χ0) is 9.97. The lowest BCUT2D eigenvalue weighted by molar-refractivity contribution is -0.120. The van der Waals surface area contributed by atoms with Crippen molar-refractivity contribution in [3.8, 4) is 0 Å². The number of piperidine rings is 1. The fraction of sp³-hybridized carbons (Fsp3) is 0.417. The second-order valence-electron chi connectivity index (χ2n) is 3.91. The first-order chi connectivity index (χ1) is 6.75. The second-order valence-corrected chi connectivity index (χ2v) is 3.91. The molecule has 0 saturated carbocycles. The predicted octanol–water partition coefficient (Wildman–Crippen LogP) is 1.99. The van der Waals surface area contributed by atoms with Gasteiger partial charge >= 0.3 is 0 Å². The number of nitrogens with one attached hydrogen (secondary N) is 1. The average molecular weight is 189 g/mol. The van der Waals surface area contributed by atoms with E-state index in [4.69, 9.17) is 0 Å². The summed E-state index contributed by atoms with van der Waals surface area (Å²) in [5.74, 6) is 0.370. The highest BCUT2D eigenvalue weighted by atomic mass is 16.1. The molecule has 1 saturated heterocycles. The highest BCUT2D eigenvalue weighted by Gasteiger charge is 2.19. The number of hydrogen-bond donors (Lipinski definition) is 1. The van der Waals surface area contributed by atoms with Gasteiger partial charge in [0.05, 0.1) is 0 Å². The number of Topliss-reactive ketones (excluding diaryl/α,β-unsaturated/α-hetero) is 1. The molecular formula is C12H15NO. The van der Waals surface area contributed by atoms with Crippen LogP contribution in [0.1, 0.15) is 30.0 Å². The van der Waals surface area contributed by atoms with Crippen LogP contribution in [0, 0.1) is 6.92 Å². The molecule has 1 aromatic rings. The zero-order valence-corrected chi connectivity index (χ0v) is 8.42. The Kier molecular flexibility index (Phi) is 2.64. The van der Waals surface area contributed by atoms with Crippen molar-refractivity contribution in [3.63, 3.8) is 0 Å². The Morgan fingerprint density at radius 3 is 2.64 bits per heavy atom. The van der Waals surface area contributed by atoms with Gasteiger partial charge in [0.1, 0.15) is 5.78 Å². The van der Waals surface area contributed by atoms with Crippen molar-refractivity contribution in [2.24, 2.45) is 0 Å². The van der Waals surface area contributed by atoms with Crippen LogP contribution in [0.15, 0.2) is 24.3 Å². The number of carbonyl (C=O) groups is 1. The summed E-state index contributed by atoms with van der Waals surface area (Å²) in [5, 5.41) is 3.36. The first-order valence-electron chi connectivity index (χ1n) is 5.07. The van der Waals surface area contributed by atoms with E-state index in [9.17, 15) is 4.79 Å². The van der Waals surface area contributed by atoms with Gasteiger partial charge in [-0.15, -0.1) is 0 Å². The van der Waals surface area contributed by atoms with Crippen LogP contribution in [0.4, 0.5) is 0 Å². The molecule has 0 bridgehead atoms. The van der Waals surface area contributed by atoms with E-state index in [-0.39, 0.29) is 6.04 Å². The molecule has 0 spiro atoms. The van der Waals surface area contributed by atoms with Crippen molar-refractivity contribution >= 4 is 5.78 Å². The lowest BCUT2D eigenvalue weighted by Gasteiger charge is -2.23.